The molecule has 1 saturated heterocycles. The lowest BCUT2D eigenvalue weighted by Crippen LogP contribution is -2.36. The van der Waals surface area contributed by atoms with Gasteiger partial charge in [0.2, 0.25) is 0 Å². The van der Waals surface area contributed by atoms with Crippen molar-refractivity contribution in [2.45, 2.75) is 19.9 Å². The van der Waals surface area contributed by atoms with Crippen LogP contribution in [-0.4, -0.2) is 54.6 Å². The van der Waals surface area contributed by atoms with Crippen molar-refractivity contribution in [2.75, 3.05) is 44.9 Å². The van der Waals surface area contributed by atoms with Crippen molar-refractivity contribution < 1.29 is 9.47 Å². The van der Waals surface area contributed by atoms with Crippen LogP contribution in [-0.2, 0) is 22.4 Å². The number of hydrogen-bond acceptors (Lipinski definition) is 7. The van der Waals surface area contributed by atoms with Crippen molar-refractivity contribution in [3.05, 3.63) is 50.5 Å². The van der Waals surface area contributed by atoms with E-state index in [-0.39, 0.29) is 5.56 Å². The topological polar surface area (TPSA) is 69.5 Å². The molecule has 3 aromatic rings. The SMILES string of the molecule is COCCc1nc(=O)c2sc(N3CCOCC3)nc2n1Cc1cccc(Cl)c1C. The van der Waals surface area contributed by atoms with Crippen molar-refractivity contribution in [3.63, 3.8) is 0 Å². The molecule has 2 aromatic heterocycles. The summed E-state index contributed by atoms with van der Waals surface area (Å²) < 4.78 is 13.3. The summed E-state index contributed by atoms with van der Waals surface area (Å²) in [7, 11) is 1.64. The zero-order valence-corrected chi connectivity index (χ0v) is 18.1. The number of anilines is 1. The number of halogens is 1. The zero-order valence-electron chi connectivity index (χ0n) is 16.5. The Morgan fingerprint density at radius 3 is 2.83 bits per heavy atom. The van der Waals surface area contributed by atoms with Crippen LogP contribution in [0.25, 0.3) is 10.3 Å². The maximum absolute atomic E-state index is 12.7. The van der Waals surface area contributed by atoms with Crippen molar-refractivity contribution in [1.29, 1.82) is 0 Å². The van der Waals surface area contributed by atoms with Gasteiger partial charge in [0.15, 0.2) is 10.8 Å². The van der Waals surface area contributed by atoms with E-state index in [9.17, 15) is 4.79 Å². The molecule has 0 saturated carbocycles. The molecule has 0 amide bonds. The largest absolute Gasteiger partial charge is 0.384 e. The predicted octanol–water partition coefficient (Wildman–Crippen LogP) is 2.89. The monoisotopic (exact) mass is 434 g/mol. The van der Waals surface area contributed by atoms with Gasteiger partial charge in [0, 0.05) is 31.6 Å². The molecule has 0 spiro atoms. The van der Waals surface area contributed by atoms with Crippen LogP contribution in [0.3, 0.4) is 0 Å². The fourth-order valence-electron chi connectivity index (χ4n) is 3.41. The lowest BCUT2D eigenvalue weighted by molar-refractivity contribution is 0.122. The van der Waals surface area contributed by atoms with Crippen molar-refractivity contribution in [2.24, 2.45) is 0 Å². The fourth-order valence-corrected chi connectivity index (χ4v) is 4.61. The number of morpholine rings is 1. The summed E-state index contributed by atoms with van der Waals surface area (Å²) in [5, 5.41) is 1.56. The standard InChI is InChI=1S/C20H23ClN4O3S/c1-13-14(4-3-5-15(13)21)12-25-16(6-9-27-2)22-19(26)17-18(25)23-20(29-17)24-7-10-28-11-8-24/h3-5H,6-12H2,1-2H3. The Labute approximate surface area is 177 Å². The average molecular weight is 435 g/mol. The second-order valence-electron chi connectivity index (χ2n) is 6.93. The quantitative estimate of drug-likeness (QED) is 0.594. The third-order valence-corrected chi connectivity index (χ3v) is 6.61. The van der Waals surface area contributed by atoms with Crippen LogP contribution in [0.1, 0.15) is 17.0 Å². The fraction of sp³-hybridized carbons (Fsp3) is 0.450. The summed E-state index contributed by atoms with van der Waals surface area (Å²) in [5.74, 6) is 0.669. The van der Waals surface area contributed by atoms with Gasteiger partial charge < -0.3 is 18.9 Å². The molecule has 154 valence electrons. The van der Waals surface area contributed by atoms with Crippen molar-refractivity contribution in [3.8, 4) is 0 Å². The Bertz CT molecular complexity index is 1080. The molecule has 1 fully saturated rings. The van der Waals surface area contributed by atoms with Crippen molar-refractivity contribution >= 4 is 38.4 Å². The van der Waals surface area contributed by atoms with Crippen LogP contribution < -0.4 is 10.5 Å². The molecule has 1 aliphatic heterocycles. The number of methoxy groups -OCH3 is 1. The molecule has 7 nitrogen and oxygen atoms in total. The number of hydrogen-bond donors (Lipinski definition) is 0. The predicted molar refractivity (Wildman–Crippen MR) is 116 cm³/mol. The molecule has 0 atom stereocenters. The Morgan fingerprint density at radius 2 is 2.07 bits per heavy atom. The van der Waals surface area contributed by atoms with Gasteiger partial charge >= 0.3 is 0 Å². The minimum Gasteiger partial charge on any atom is -0.384 e. The van der Waals surface area contributed by atoms with Crippen LogP contribution in [0.15, 0.2) is 23.0 Å². The van der Waals surface area contributed by atoms with E-state index in [1.165, 1.54) is 11.3 Å². The number of nitrogens with zero attached hydrogens (tertiary/aromatic N) is 4. The third-order valence-electron chi connectivity index (χ3n) is 5.11. The lowest BCUT2D eigenvalue weighted by atomic mass is 10.1. The van der Waals surface area contributed by atoms with E-state index in [0.717, 1.165) is 34.4 Å². The molecule has 1 aliphatic rings. The molecule has 3 heterocycles. The average Bonchev–Trinajstić information content (AvgIpc) is 3.19. The molecule has 29 heavy (non-hydrogen) atoms. The van der Waals surface area contributed by atoms with Crippen LogP contribution in [0.4, 0.5) is 5.13 Å². The van der Waals surface area contributed by atoms with Gasteiger partial charge in [0.1, 0.15) is 10.5 Å². The maximum Gasteiger partial charge on any atom is 0.292 e. The van der Waals surface area contributed by atoms with Crippen LogP contribution in [0.5, 0.6) is 0 Å². The number of thiazole rings is 1. The first-order valence-corrected chi connectivity index (χ1v) is 10.7. The normalized spacial score (nSPS) is 14.7. The van der Waals surface area contributed by atoms with Crippen LogP contribution in [0, 0.1) is 6.92 Å². The molecule has 1 aromatic carbocycles. The van der Waals surface area contributed by atoms with Gasteiger partial charge in [0.05, 0.1) is 26.4 Å². The Kier molecular flexibility index (Phi) is 6.15. The highest BCUT2D eigenvalue weighted by atomic mass is 35.5. The van der Waals surface area contributed by atoms with E-state index in [0.29, 0.717) is 49.0 Å². The van der Waals surface area contributed by atoms with Gasteiger partial charge in [-0.05, 0) is 24.1 Å². The first-order valence-electron chi connectivity index (χ1n) is 9.54. The number of rotatable bonds is 6. The highest BCUT2D eigenvalue weighted by Crippen LogP contribution is 2.29. The van der Waals surface area contributed by atoms with E-state index >= 15 is 0 Å². The Balaban J connectivity index is 1.83. The molecule has 0 bridgehead atoms. The van der Waals surface area contributed by atoms with Gasteiger partial charge in [-0.25, -0.2) is 4.98 Å². The van der Waals surface area contributed by atoms with Gasteiger partial charge in [-0.1, -0.05) is 35.1 Å². The van der Waals surface area contributed by atoms with Gasteiger partial charge in [-0.3, -0.25) is 4.79 Å². The second kappa shape index (κ2) is 8.79. The van der Waals surface area contributed by atoms with Crippen LogP contribution in [0.2, 0.25) is 5.02 Å². The summed E-state index contributed by atoms with van der Waals surface area (Å²) in [4.78, 5) is 24.1. The first kappa shape index (κ1) is 20.3. The van der Waals surface area contributed by atoms with E-state index in [1.54, 1.807) is 7.11 Å². The molecule has 4 rings (SSSR count). The summed E-state index contributed by atoms with van der Waals surface area (Å²) in [6.07, 6.45) is 0.533. The highest BCUT2D eigenvalue weighted by Gasteiger charge is 2.21. The number of aromatic nitrogens is 3. The minimum absolute atomic E-state index is 0.234. The zero-order chi connectivity index (χ0) is 20.4. The van der Waals surface area contributed by atoms with Gasteiger partial charge in [-0.2, -0.15) is 4.98 Å². The molecular weight excluding hydrogens is 412 g/mol. The van der Waals surface area contributed by atoms with E-state index in [4.69, 9.17) is 26.1 Å². The Hall–Kier alpha value is -2.00. The third kappa shape index (κ3) is 4.16. The summed E-state index contributed by atoms with van der Waals surface area (Å²) in [6.45, 7) is 5.89. The van der Waals surface area contributed by atoms with Crippen LogP contribution >= 0.6 is 22.9 Å². The molecule has 0 radical (unpaired) electrons. The smallest absolute Gasteiger partial charge is 0.292 e. The minimum atomic E-state index is -0.234. The van der Waals surface area contributed by atoms with Gasteiger partial charge in [0.25, 0.3) is 5.56 Å². The second-order valence-corrected chi connectivity index (χ2v) is 8.32. The summed E-state index contributed by atoms with van der Waals surface area (Å²) in [5.41, 5.74) is 2.52. The van der Waals surface area contributed by atoms with E-state index in [1.807, 2.05) is 29.7 Å². The number of benzene rings is 1. The van der Waals surface area contributed by atoms with E-state index < -0.39 is 0 Å². The first-order chi connectivity index (χ1) is 14.1. The molecule has 0 unspecified atom stereocenters. The molecule has 0 aliphatic carbocycles. The van der Waals surface area contributed by atoms with Crippen molar-refractivity contribution in [1.82, 2.24) is 14.5 Å². The maximum atomic E-state index is 12.7. The lowest BCUT2D eigenvalue weighted by Gasteiger charge is -2.25. The van der Waals surface area contributed by atoms with Gasteiger partial charge in [-0.15, -0.1) is 0 Å². The molecule has 9 heteroatoms. The highest BCUT2D eigenvalue weighted by molar-refractivity contribution is 7.22. The summed E-state index contributed by atoms with van der Waals surface area (Å²) in [6, 6.07) is 5.86. The van der Waals surface area contributed by atoms with E-state index in [2.05, 4.69) is 9.88 Å². The number of ether oxygens (including phenoxy) is 2. The Morgan fingerprint density at radius 1 is 1.28 bits per heavy atom. The number of fused-ring (bicyclic) bond motifs is 1. The molecule has 0 N–H and O–H groups in total. The summed E-state index contributed by atoms with van der Waals surface area (Å²) >= 11 is 7.73. The molecular formula is C20H23ClN4O3S.